The number of aromatic amines is 1. The average Bonchev–Trinajstić information content (AvgIpc) is 3.09. The molecule has 0 saturated carbocycles. The maximum atomic E-state index is 6.11. The number of aryl methyl sites for hydroxylation is 2. The lowest BCUT2D eigenvalue weighted by atomic mass is 10.0. The van der Waals surface area contributed by atoms with Crippen molar-refractivity contribution in [3.05, 3.63) is 64.9 Å². The lowest BCUT2D eigenvalue weighted by Gasteiger charge is -2.11. The molecule has 0 radical (unpaired) electrons. The van der Waals surface area contributed by atoms with Gasteiger partial charge in [-0.3, -0.25) is 0 Å². The summed E-state index contributed by atoms with van der Waals surface area (Å²) in [5, 5.41) is 3.27. The Kier molecular flexibility index (Phi) is 2.63. The second kappa shape index (κ2) is 4.40. The van der Waals surface area contributed by atoms with Crippen LogP contribution in [0.15, 0.2) is 48.8 Å². The highest BCUT2D eigenvalue weighted by atomic mass is 35.5. The van der Waals surface area contributed by atoms with Gasteiger partial charge in [0.1, 0.15) is 0 Å². The fourth-order valence-electron chi connectivity index (χ4n) is 3.13. The number of nitrogens with one attached hydrogen (secondary N) is 1. The second-order valence-corrected chi connectivity index (χ2v) is 5.93. The predicted molar refractivity (Wildman–Crippen MR) is 89.6 cm³/mol. The highest BCUT2D eigenvalue weighted by Gasteiger charge is 2.13. The summed E-state index contributed by atoms with van der Waals surface area (Å²) in [7, 11) is 0. The largest absolute Gasteiger partial charge is 0.354 e. The van der Waals surface area contributed by atoms with Crippen LogP contribution >= 0.6 is 11.6 Å². The van der Waals surface area contributed by atoms with Crippen LogP contribution in [0.1, 0.15) is 11.1 Å². The molecule has 2 aromatic heterocycles. The lowest BCUT2D eigenvalue weighted by molar-refractivity contribution is 1.06. The van der Waals surface area contributed by atoms with E-state index in [2.05, 4.69) is 47.9 Å². The van der Waals surface area contributed by atoms with Gasteiger partial charge in [0.15, 0.2) is 0 Å². The first-order chi connectivity index (χ1) is 10.1. The van der Waals surface area contributed by atoms with Crippen LogP contribution in [0.2, 0.25) is 5.02 Å². The highest BCUT2D eigenvalue weighted by molar-refractivity contribution is 6.31. The molecule has 0 aliphatic rings. The molecular weight excluding hydrogens is 280 g/mol. The minimum absolute atomic E-state index is 0.759. The van der Waals surface area contributed by atoms with Gasteiger partial charge in [0, 0.05) is 44.9 Å². The van der Waals surface area contributed by atoms with Gasteiger partial charge in [0.05, 0.1) is 0 Å². The van der Waals surface area contributed by atoms with Crippen LogP contribution in [0, 0.1) is 13.8 Å². The van der Waals surface area contributed by atoms with E-state index in [-0.39, 0.29) is 0 Å². The van der Waals surface area contributed by atoms with Crippen LogP contribution in [-0.2, 0) is 0 Å². The van der Waals surface area contributed by atoms with Gasteiger partial charge in [-0.25, -0.2) is 0 Å². The first-order valence-corrected chi connectivity index (χ1v) is 7.37. The quantitative estimate of drug-likeness (QED) is 0.486. The molecule has 0 saturated heterocycles. The number of H-pyrrole nitrogens is 1. The molecule has 0 aliphatic carbocycles. The summed E-state index contributed by atoms with van der Waals surface area (Å²) in [6.45, 7) is 4.32. The predicted octanol–water partition coefficient (Wildman–Crippen LogP) is 5.38. The van der Waals surface area contributed by atoms with E-state index in [1.165, 1.54) is 33.1 Å². The van der Waals surface area contributed by atoms with Crippen molar-refractivity contribution >= 4 is 33.4 Å². The minimum atomic E-state index is 0.759. The van der Waals surface area contributed by atoms with Crippen molar-refractivity contribution in [3.63, 3.8) is 0 Å². The van der Waals surface area contributed by atoms with Crippen molar-refractivity contribution in [1.82, 2.24) is 9.55 Å². The summed E-state index contributed by atoms with van der Waals surface area (Å²) in [5.74, 6) is 0. The van der Waals surface area contributed by atoms with Crippen LogP contribution < -0.4 is 0 Å². The molecule has 0 bridgehead atoms. The van der Waals surface area contributed by atoms with Crippen molar-refractivity contribution in [2.24, 2.45) is 0 Å². The lowest BCUT2D eigenvalue weighted by Crippen LogP contribution is -1.95. The summed E-state index contributed by atoms with van der Waals surface area (Å²) in [6, 6.07) is 12.4. The molecule has 0 atom stereocenters. The molecule has 0 spiro atoms. The summed E-state index contributed by atoms with van der Waals surface area (Å²) in [6.07, 6.45) is 4.17. The zero-order valence-electron chi connectivity index (χ0n) is 11.9. The maximum Gasteiger partial charge on any atom is 0.0498 e. The fourth-order valence-corrected chi connectivity index (χ4v) is 3.30. The normalized spacial score (nSPS) is 11.6. The van der Waals surface area contributed by atoms with E-state index in [1.807, 2.05) is 24.3 Å². The van der Waals surface area contributed by atoms with Gasteiger partial charge in [0.2, 0.25) is 0 Å². The van der Waals surface area contributed by atoms with Crippen molar-refractivity contribution in [2.45, 2.75) is 13.8 Å². The SMILES string of the molecule is Cc1cc(-n2cccc2)c(C)c2c1[nH]c1cc(Cl)ccc12. The van der Waals surface area contributed by atoms with Crippen LogP contribution in [0.3, 0.4) is 0 Å². The molecule has 104 valence electrons. The number of benzene rings is 2. The zero-order chi connectivity index (χ0) is 14.6. The Morgan fingerprint density at radius 2 is 1.81 bits per heavy atom. The van der Waals surface area contributed by atoms with Crippen LogP contribution in [0.25, 0.3) is 27.5 Å². The number of halogens is 1. The van der Waals surface area contributed by atoms with Gasteiger partial charge in [-0.1, -0.05) is 17.7 Å². The van der Waals surface area contributed by atoms with E-state index < -0.39 is 0 Å². The van der Waals surface area contributed by atoms with Crippen molar-refractivity contribution in [2.75, 3.05) is 0 Å². The second-order valence-electron chi connectivity index (χ2n) is 5.49. The monoisotopic (exact) mass is 294 g/mol. The average molecular weight is 295 g/mol. The molecular formula is C18H15ClN2. The number of rotatable bonds is 1. The van der Waals surface area contributed by atoms with Gasteiger partial charge in [-0.05, 0) is 55.3 Å². The molecule has 2 aromatic carbocycles. The van der Waals surface area contributed by atoms with Crippen molar-refractivity contribution < 1.29 is 0 Å². The smallest absolute Gasteiger partial charge is 0.0498 e. The molecule has 3 heteroatoms. The van der Waals surface area contributed by atoms with E-state index in [4.69, 9.17) is 11.6 Å². The van der Waals surface area contributed by atoms with Gasteiger partial charge in [0.25, 0.3) is 0 Å². The summed E-state index contributed by atoms with van der Waals surface area (Å²) in [5.41, 5.74) is 6.03. The van der Waals surface area contributed by atoms with Gasteiger partial charge < -0.3 is 9.55 Å². The summed E-state index contributed by atoms with van der Waals surface area (Å²) < 4.78 is 2.16. The van der Waals surface area contributed by atoms with E-state index in [0.717, 1.165) is 10.5 Å². The molecule has 2 heterocycles. The summed E-state index contributed by atoms with van der Waals surface area (Å²) >= 11 is 6.11. The van der Waals surface area contributed by atoms with Gasteiger partial charge in [-0.2, -0.15) is 0 Å². The topological polar surface area (TPSA) is 20.7 Å². The first kappa shape index (κ1) is 12.5. The number of nitrogens with zero attached hydrogens (tertiary/aromatic N) is 1. The molecule has 0 aliphatic heterocycles. The number of aromatic nitrogens is 2. The van der Waals surface area contributed by atoms with E-state index >= 15 is 0 Å². The zero-order valence-corrected chi connectivity index (χ0v) is 12.7. The van der Waals surface area contributed by atoms with E-state index in [0.29, 0.717) is 0 Å². The maximum absolute atomic E-state index is 6.11. The molecule has 0 fully saturated rings. The third-order valence-corrected chi connectivity index (χ3v) is 4.39. The Balaban J connectivity index is 2.17. The van der Waals surface area contributed by atoms with Gasteiger partial charge in [-0.15, -0.1) is 0 Å². The Morgan fingerprint density at radius 3 is 2.57 bits per heavy atom. The van der Waals surface area contributed by atoms with E-state index in [1.54, 1.807) is 0 Å². The molecule has 4 aromatic rings. The minimum Gasteiger partial charge on any atom is -0.354 e. The Bertz CT molecular complexity index is 962. The van der Waals surface area contributed by atoms with Crippen molar-refractivity contribution in [1.29, 1.82) is 0 Å². The van der Waals surface area contributed by atoms with Crippen LogP contribution in [0.5, 0.6) is 0 Å². The summed E-state index contributed by atoms with van der Waals surface area (Å²) in [4.78, 5) is 3.51. The molecule has 1 N–H and O–H groups in total. The molecule has 4 rings (SSSR count). The molecule has 0 amide bonds. The molecule has 2 nitrogen and oxygen atoms in total. The number of hydrogen-bond acceptors (Lipinski definition) is 0. The molecule has 21 heavy (non-hydrogen) atoms. The number of hydrogen-bond donors (Lipinski definition) is 1. The first-order valence-electron chi connectivity index (χ1n) is 6.99. The van der Waals surface area contributed by atoms with Gasteiger partial charge >= 0.3 is 0 Å². The molecule has 0 unspecified atom stereocenters. The third-order valence-electron chi connectivity index (χ3n) is 4.15. The number of fused-ring (bicyclic) bond motifs is 3. The van der Waals surface area contributed by atoms with Crippen LogP contribution in [-0.4, -0.2) is 9.55 Å². The third kappa shape index (κ3) is 1.79. The van der Waals surface area contributed by atoms with E-state index in [9.17, 15) is 0 Å². The standard InChI is InChI=1S/C18H15ClN2/c1-11-9-16(21-7-3-4-8-21)12(2)17-14-6-5-13(19)10-15(14)20-18(11)17/h3-10,20H,1-2H3. The Labute approximate surface area is 128 Å². The van der Waals surface area contributed by atoms with Crippen molar-refractivity contribution in [3.8, 4) is 5.69 Å². The fraction of sp³-hybridized carbons (Fsp3) is 0.111. The van der Waals surface area contributed by atoms with Crippen LogP contribution in [0.4, 0.5) is 0 Å². The highest BCUT2D eigenvalue weighted by Crippen LogP contribution is 2.34. The Hall–Kier alpha value is -2.19. The Morgan fingerprint density at radius 1 is 1.05 bits per heavy atom.